The van der Waals surface area contributed by atoms with Gasteiger partial charge in [-0.1, -0.05) is 42.5 Å². The van der Waals surface area contributed by atoms with Crippen LogP contribution in [0.4, 0.5) is 4.79 Å². The van der Waals surface area contributed by atoms with Gasteiger partial charge in [0.15, 0.2) is 6.61 Å². The minimum absolute atomic E-state index is 0.263. The van der Waals surface area contributed by atoms with Gasteiger partial charge in [0.25, 0.3) is 11.8 Å². The average molecular weight is 371 g/mol. The molecule has 0 aromatic heterocycles. The minimum Gasteiger partial charge on any atom is -0.455 e. The van der Waals surface area contributed by atoms with Crippen LogP contribution in [0, 0.1) is 5.92 Å². The fourth-order valence-electron chi connectivity index (χ4n) is 3.13. The van der Waals surface area contributed by atoms with Gasteiger partial charge in [-0.2, -0.15) is 5.01 Å². The van der Waals surface area contributed by atoms with Crippen LogP contribution in [0.15, 0.2) is 42.5 Å². The maximum Gasteiger partial charge on any atom is 0.344 e. The number of nitrogens with zero attached hydrogens (tertiary/aromatic N) is 1. The molecule has 1 saturated heterocycles. The Morgan fingerprint density at radius 3 is 2.67 bits per heavy atom. The SMILES string of the molecule is CC1(c2ccccc2)NC(=O)N(NC(=O)COC(=O)C2CC=CCC2)C1=O. The van der Waals surface area contributed by atoms with Crippen LogP contribution in [-0.4, -0.2) is 35.4 Å². The molecular weight excluding hydrogens is 350 g/mol. The van der Waals surface area contributed by atoms with Crippen molar-refractivity contribution in [1.29, 1.82) is 0 Å². The largest absolute Gasteiger partial charge is 0.455 e. The molecular formula is C19H21N3O5. The van der Waals surface area contributed by atoms with E-state index in [2.05, 4.69) is 10.7 Å². The second kappa shape index (κ2) is 7.61. The molecule has 0 saturated carbocycles. The minimum atomic E-state index is -1.28. The summed E-state index contributed by atoms with van der Waals surface area (Å²) in [7, 11) is 0. The summed E-state index contributed by atoms with van der Waals surface area (Å²) in [5.74, 6) is -2.09. The van der Waals surface area contributed by atoms with E-state index >= 15 is 0 Å². The van der Waals surface area contributed by atoms with Crippen LogP contribution in [0.2, 0.25) is 0 Å². The predicted octanol–water partition coefficient (Wildman–Crippen LogP) is 1.38. The van der Waals surface area contributed by atoms with Gasteiger partial charge in [0.1, 0.15) is 5.54 Å². The Bertz CT molecular complexity index is 792. The Kier molecular flexibility index (Phi) is 5.25. The molecule has 8 nitrogen and oxygen atoms in total. The number of hydrogen-bond donors (Lipinski definition) is 2. The van der Waals surface area contributed by atoms with E-state index in [0.717, 1.165) is 6.42 Å². The van der Waals surface area contributed by atoms with Crippen molar-refractivity contribution in [3.8, 4) is 0 Å². The number of urea groups is 1. The highest BCUT2D eigenvalue weighted by Gasteiger charge is 2.50. The van der Waals surface area contributed by atoms with Crippen LogP contribution < -0.4 is 10.7 Å². The average Bonchev–Trinajstić information content (AvgIpc) is 2.91. The van der Waals surface area contributed by atoms with E-state index in [1.165, 1.54) is 0 Å². The summed E-state index contributed by atoms with van der Waals surface area (Å²) in [6, 6.07) is 7.98. The van der Waals surface area contributed by atoms with E-state index in [1.807, 2.05) is 12.2 Å². The second-order valence-electron chi connectivity index (χ2n) is 6.69. The molecule has 4 amide bonds. The first-order valence-corrected chi connectivity index (χ1v) is 8.75. The summed E-state index contributed by atoms with van der Waals surface area (Å²) in [6.07, 6.45) is 5.97. The zero-order valence-corrected chi connectivity index (χ0v) is 14.9. The van der Waals surface area contributed by atoms with Crippen LogP contribution >= 0.6 is 0 Å². The van der Waals surface area contributed by atoms with Crippen LogP contribution in [0.5, 0.6) is 0 Å². The fraction of sp³-hybridized carbons (Fsp3) is 0.368. The van der Waals surface area contributed by atoms with E-state index in [9.17, 15) is 19.2 Å². The Morgan fingerprint density at radius 2 is 2.00 bits per heavy atom. The van der Waals surface area contributed by atoms with Crippen molar-refractivity contribution < 1.29 is 23.9 Å². The van der Waals surface area contributed by atoms with Crippen molar-refractivity contribution in [3.05, 3.63) is 48.0 Å². The summed E-state index contributed by atoms with van der Waals surface area (Å²) in [6.45, 7) is 1.00. The highest BCUT2D eigenvalue weighted by atomic mass is 16.5. The first-order chi connectivity index (χ1) is 12.9. The molecule has 27 heavy (non-hydrogen) atoms. The Hall–Kier alpha value is -3.16. The maximum atomic E-state index is 12.7. The maximum absolute atomic E-state index is 12.7. The van der Waals surface area contributed by atoms with Gasteiger partial charge in [-0.05, 0) is 31.7 Å². The lowest BCUT2D eigenvalue weighted by Crippen LogP contribution is -2.49. The predicted molar refractivity (Wildman–Crippen MR) is 94.8 cm³/mol. The number of benzene rings is 1. The van der Waals surface area contributed by atoms with Gasteiger partial charge in [-0.3, -0.25) is 19.8 Å². The zero-order valence-electron chi connectivity index (χ0n) is 14.9. The molecule has 2 N–H and O–H groups in total. The monoisotopic (exact) mass is 371 g/mol. The third-order valence-corrected chi connectivity index (χ3v) is 4.73. The lowest BCUT2D eigenvalue weighted by atomic mass is 9.92. The molecule has 0 radical (unpaired) electrons. The van der Waals surface area contributed by atoms with E-state index in [1.54, 1.807) is 37.3 Å². The van der Waals surface area contributed by atoms with Crippen molar-refractivity contribution >= 4 is 23.8 Å². The molecule has 2 unspecified atom stereocenters. The molecule has 142 valence electrons. The molecule has 3 rings (SSSR count). The number of nitrogens with one attached hydrogen (secondary N) is 2. The number of amides is 4. The highest BCUT2D eigenvalue weighted by molar-refractivity contribution is 6.08. The van der Waals surface area contributed by atoms with Gasteiger partial charge in [0.2, 0.25) is 0 Å². The van der Waals surface area contributed by atoms with Crippen LogP contribution in [-0.2, 0) is 24.7 Å². The van der Waals surface area contributed by atoms with E-state index in [0.29, 0.717) is 23.4 Å². The number of esters is 1. The molecule has 1 aliphatic heterocycles. The number of ether oxygens (including phenoxy) is 1. The summed E-state index contributed by atoms with van der Waals surface area (Å²) in [5.41, 5.74) is 1.52. The van der Waals surface area contributed by atoms with Gasteiger partial charge in [-0.15, -0.1) is 0 Å². The number of allylic oxidation sites excluding steroid dienone is 2. The Balaban J connectivity index is 1.58. The normalized spacial score (nSPS) is 24.5. The van der Waals surface area contributed by atoms with Crippen molar-refractivity contribution in [3.63, 3.8) is 0 Å². The van der Waals surface area contributed by atoms with Gasteiger partial charge in [0, 0.05) is 0 Å². The summed E-state index contributed by atoms with van der Waals surface area (Å²) >= 11 is 0. The van der Waals surface area contributed by atoms with E-state index in [4.69, 9.17) is 4.74 Å². The number of rotatable bonds is 5. The summed E-state index contributed by atoms with van der Waals surface area (Å²) in [4.78, 5) is 48.8. The molecule has 8 heteroatoms. The highest BCUT2D eigenvalue weighted by Crippen LogP contribution is 2.27. The number of carbonyl (C=O) groups is 4. The summed E-state index contributed by atoms with van der Waals surface area (Å²) in [5, 5.41) is 3.19. The molecule has 1 aliphatic carbocycles. The van der Waals surface area contributed by atoms with E-state index < -0.39 is 36.0 Å². The summed E-state index contributed by atoms with van der Waals surface area (Å²) < 4.78 is 5.01. The Labute approximate surface area is 156 Å². The molecule has 1 aromatic rings. The smallest absolute Gasteiger partial charge is 0.344 e. The molecule has 2 atom stereocenters. The molecule has 1 heterocycles. The second-order valence-corrected chi connectivity index (χ2v) is 6.69. The van der Waals surface area contributed by atoms with Gasteiger partial charge < -0.3 is 10.1 Å². The molecule has 0 bridgehead atoms. The third-order valence-electron chi connectivity index (χ3n) is 4.73. The first kappa shape index (κ1) is 18.6. The topological polar surface area (TPSA) is 105 Å². The van der Waals surface area contributed by atoms with Gasteiger partial charge in [0.05, 0.1) is 5.92 Å². The van der Waals surface area contributed by atoms with Crippen molar-refractivity contribution in [1.82, 2.24) is 15.8 Å². The standard InChI is InChI=1S/C19H21N3O5/c1-19(14-10-6-3-7-11-14)17(25)22(18(26)20-19)21-15(23)12-27-16(24)13-8-4-2-5-9-13/h2-4,6-7,10-11,13H,5,8-9,12H2,1H3,(H,20,26)(H,21,23). The molecule has 0 spiro atoms. The number of hydrogen-bond acceptors (Lipinski definition) is 5. The van der Waals surface area contributed by atoms with Crippen LogP contribution in [0.1, 0.15) is 31.7 Å². The van der Waals surface area contributed by atoms with Crippen molar-refractivity contribution in [2.24, 2.45) is 5.92 Å². The third kappa shape index (κ3) is 3.84. The van der Waals surface area contributed by atoms with Crippen molar-refractivity contribution in [2.45, 2.75) is 31.7 Å². The van der Waals surface area contributed by atoms with Gasteiger partial charge >= 0.3 is 12.0 Å². The number of carbonyl (C=O) groups excluding carboxylic acids is 4. The lowest BCUT2D eigenvalue weighted by Gasteiger charge is -2.22. The van der Waals surface area contributed by atoms with E-state index in [-0.39, 0.29) is 5.92 Å². The van der Waals surface area contributed by atoms with Crippen LogP contribution in [0.3, 0.4) is 0 Å². The number of hydrazine groups is 1. The lowest BCUT2D eigenvalue weighted by molar-refractivity contribution is -0.154. The molecule has 1 aromatic carbocycles. The van der Waals surface area contributed by atoms with Crippen LogP contribution in [0.25, 0.3) is 0 Å². The van der Waals surface area contributed by atoms with Crippen molar-refractivity contribution in [2.75, 3.05) is 6.61 Å². The molecule has 1 fully saturated rings. The number of imide groups is 1. The zero-order chi connectivity index (χ0) is 19.4. The first-order valence-electron chi connectivity index (χ1n) is 8.75. The quantitative estimate of drug-likeness (QED) is 0.462. The Morgan fingerprint density at radius 1 is 1.26 bits per heavy atom. The fourth-order valence-corrected chi connectivity index (χ4v) is 3.13. The van der Waals surface area contributed by atoms with Gasteiger partial charge in [-0.25, -0.2) is 4.79 Å². The molecule has 2 aliphatic rings.